The molecule has 0 aliphatic heterocycles. The third kappa shape index (κ3) is 56.2. The Labute approximate surface area is 428 Å². The van der Waals surface area contributed by atoms with Crippen molar-refractivity contribution in [2.45, 2.75) is 322 Å². The Kier molecular flexibility index (Phi) is 55.7. The minimum atomic E-state index is -0.779. The van der Waals surface area contributed by atoms with Crippen molar-refractivity contribution in [2.75, 3.05) is 13.2 Å². The van der Waals surface area contributed by atoms with Gasteiger partial charge in [-0.25, -0.2) is 0 Å². The number of esters is 3. The zero-order chi connectivity index (χ0) is 50.0. The van der Waals surface area contributed by atoms with E-state index in [4.69, 9.17) is 14.2 Å². The van der Waals surface area contributed by atoms with Crippen LogP contribution < -0.4 is 0 Å². The molecule has 0 aromatic heterocycles. The van der Waals surface area contributed by atoms with Crippen LogP contribution in [0.4, 0.5) is 0 Å². The van der Waals surface area contributed by atoms with Gasteiger partial charge in [-0.2, -0.15) is 0 Å². The Bertz CT molecular complexity index is 1200. The zero-order valence-corrected chi connectivity index (χ0v) is 46.1. The molecule has 402 valence electrons. The second-order valence-electron chi connectivity index (χ2n) is 20.3. The van der Waals surface area contributed by atoms with Crippen LogP contribution in [0, 0.1) is 0 Å². The average molecular weight is 968 g/mol. The third-order valence-electron chi connectivity index (χ3n) is 13.3. The molecule has 0 rings (SSSR count). The molecule has 1 unspecified atom stereocenters. The molecule has 0 amide bonds. The van der Waals surface area contributed by atoms with E-state index in [0.29, 0.717) is 19.3 Å². The molecule has 0 aromatic carbocycles. The van der Waals surface area contributed by atoms with E-state index in [9.17, 15) is 14.4 Å². The highest BCUT2D eigenvalue weighted by atomic mass is 16.6. The van der Waals surface area contributed by atoms with E-state index in [1.165, 1.54) is 186 Å². The summed E-state index contributed by atoms with van der Waals surface area (Å²) in [6.07, 6.45) is 71.0. The van der Waals surface area contributed by atoms with Crippen LogP contribution in [-0.2, 0) is 28.6 Å². The molecule has 0 radical (unpaired) electrons. The monoisotopic (exact) mass is 967 g/mol. The quantitative estimate of drug-likeness (QED) is 0.0262. The molecule has 0 spiro atoms. The lowest BCUT2D eigenvalue weighted by molar-refractivity contribution is -0.167. The summed E-state index contributed by atoms with van der Waals surface area (Å²) in [7, 11) is 0. The first-order valence-electron chi connectivity index (χ1n) is 30.1. The van der Waals surface area contributed by atoms with Crippen LogP contribution in [0.5, 0.6) is 0 Å². The van der Waals surface area contributed by atoms with Crippen molar-refractivity contribution in [3.8, 4) is 0 Å². The van der Waals surface area contributed by atoms with Gasteiger partial charge in [0.2, 0.25) is 0 Å². The first-order valence-corrected chi connectivity index (χ1v) is 30.1. The number of carbonyl (C=O) groups excluding carboxylic acids is 3. The smallest absolute Gasteiger partial charge is 0.306 e. The summed E-state index contributed by atoms with van der Waals surface area (Å²) in [5, 5.41) is 0. The van der Waals surface area contributed by atoms with E-state index in [1.54, 1.807) is 0 Å². The fourth-order valence-electron chi connectivity index (χ4n) is 8.73. The van der Waals surface area contributed by atoms with Crippen LogP contribution in [-0.4, -0.2) is 37.2 Å². The summed E-state index contributed by atoms with van der Waals surface area (Å²) in [6, 6.07) is 0. The van der Waals surface area contributed by atoms with Gasteiger partial charge in [-0.1, -0.05) is 268 Å². The van der Waals surface area contributed by atoms with Crippen LogP contribution >= 0.6 is 0 Å². The number of rotatable bonds is 55. The molecule has 0 aromatic rings. The molecule has 0 aliphatic carbocycles. The topological polar surface area (TPSA) is 78.9 Å². The minimum absolute atomic E-state index is 0.0761. The molecule has 6 nitrogen and oxygen atoms in total. The van der Waals surface area contributed by atoms with Crippen molar-refractivity contribution in [1.82, 2.24) is 0 Å². The molecule has 0 aliphatic rings. The van der Waals surface area contributed by atoms with Gasteiger partial charge in [-0.05, 0) is 77.0 Å². The van der Waals surface area contributed by atoms with Crippen molar-refractivity contribution in [1.29, 1.82) is 0 Å². The van der Waals surface area contributed by atoms with Crippen LogP contribution in [0.25, 0.3) is 0 Å². The van der Waals surface area contributed by atoms with Gasteiger partial charge in [0.05, 0.1) is 0 Å². The lowest BCUT2D eigenvalue weighted by Crippen LogP contribution is -2.30. The first-order chi connectivity index (χ1) is 34.0. The summed E-state index contributed by atoms with van der Waals surface area (Å²) >= 11 is 0. The minimum Gasteiger partial charge on any atom is -0.462 e. The number of allylic oxidation sites excluding steroid dienone is 8. The van der Waals surface area contributed by atoms with Gasteiger partial charge >= 0.3 is 17.9 Å². The van der Waals surface area contributed by atoms with Crippen molar-refractivity contribution in [3.05, 3.63) is 48.6 Å². The van der Waals surface area contributed by atoms with Crippen molar-refractivity contribution in [3.63, 3.8) is 0 Å². The summed E-state index contributed by atoms with van der Waals surface area (Å²) in [5.41, 5.74) is 0. The molecule has 0 fully saturated rings. The average Bonchev–Trinajstić information content (AvgIpc) is 3.35. The van der Waals surface area contributed by atoms with Crippen molar-refractivity contribution in [2.24, 2.45) is 0 Å². The SMILES string of the molecule is CCCC/C=C\C/C=C\CCCCCCCC(=O)OC(COC(=O)CCCCCCCCCCCCC/C=C\C/C=C\CCCCCCC)COC(=O)CCCCCCCCCCCCCCCC. The lowest BCUT2D eigenvalue weighted by atomic mass is 10.0. The Hall–Kier alpha value is -2.63. The van der Waals surface area contributed by atoms with E-state index >= 15 is 0 Å². The number of hydrogen-bond acceptors (Lipinski definition) is 6. The molecule has 1 atom stereocenters. The highest BCUT2D eigenvalue weighted by Gasteiger charge is 2.19. The van der Waals surface area contributed by atoms with Gasteiger partial charge in [0.25, 0.3) is 0 Å². The van der Waals surface area contributed by atoms with Crippen LogP contribution in [0.3, 0.4) is 0 Å². The number of ether oxygens (including phenoxy) is 3. The molecule has 0 saturated carbocycles. The predicted molar refractivity (Wildman–Crippen MR) is 298 cm³/mol. The number of carbonyl (C=O) groups is 3. The fraction of sp³-hybridized carbons (Fsp3) is 0.825. The second-order valence-corrected chi connectivity index (χ2v) is 20.3. The van der Waals surface area contributed by atoms with Crippen LogP contribution in [0.15, 0.2) is 48.6 Å². The number of hydrogen-bond donors (Lipinski definition) is 0. The fourth-order valence-corrected chi connectivity index (χ4v) is 8.73. The molecule has 0 heterocycles. The molecule has 0 bridgehead atoms. The van der Waals surface area contributed by atoms with Gasteiger partial charge < -0.3 is 14.2 Å². The van der Waals surface area contributed by atoms with Gasteiger partial charge in [0.15, 0.2) is 6.10 Å². The predicted octanol–water partition coefficient (Wildman–Crippen LogP) is 20.2. The van der Waals surface area contributed by atoms with Crippen molar-refractivity contribution >= 4 is 17.9 Å². The maximum atomic E-state index is 12.8. The molecule has 0 saturated heterocycles. The standard InChI is InChI=1S/C63H114O6/c1-4-7-10-13-16-19-22-25-28-29-30-31-32-33-34-35-36-39-41-44-47-50-53-56-62(65)68-59-60(69-63(66)57-54-51-48-45-42-38-27-24-21-18-15-12-9-6-3)58-67-61(64)55-52-49-46-43-40-37-26-23-20-17-14-11-8-5-2/h15,18,22,24-25,27,29-30,60H,4-14,16-17,19-21,23,26,28,31-59H2,1-3H3/b18-15-,25-22-,27-24-,30-29-. The Morgan fingerprint density at radius 3 is 0.841 bits per heavy atom. The normalized spacial score (nSPS) is 12.3. The Morgan fingerprint density at radius 1 is 0.290 bits per heavy atom. The van der Waals surface area contributed by atoms with Gasteiger partial charge in [0, 0.05) is 19.3 Å². The Morgan fingerprint density at radius 2 is 0.536 bits per heavy atom. The maximum Gasteiger partial charge on any atom is 0.306 e. The highest BCUT2D eigenvalue weighted by Crippen LogP contribution is 2.16. The zero-order valence-electron chi connectivity index (χ0n) is 46.1. The molecular weight excluding hydrogens is 853 g/mol. The molecule has 6 heteroatoms. The summed E-state index contributed by atoms with van der Waals surface area (Å²) in [4.78, 5) is 38.2. The number of unbranched alkanes of at least 4 members (excludes halogenated alkanes) is 36. The van der Waals surface area contributed by atoms with Gasteiger partial charge in [-0.15, -0.1) is 0 Å². The van der Waals surface area contributed by atoms with E-state index in [2.05, 4.69) is 69.4 Å². The lowest BCUT2D eigenvalue weighted by Gasteiger charge is -2.18. The molecule has 69 heavy (non-hydrogen) atoms. The highest BCUT2D eigenvalue weighted by molar-refractivity contribution is 5.71. The van der Waals surface area contributed by atoms with E-state index in [-0.39, 0.29) is 31.1 Å². The summed E-state index contributed by atoms with van der Waals surface area (Å²) in [5.74, 6) is -0.876. The molecular formula is C63H114O6. The summed E-state index contributed by atoms with van der Waals surface area (Å²) < 4.78 is 16.9. The van der Waals surface area contributed by atoms with Gasteiger partial charge in [0.1, 0.15) is 13.2 Å². The van der Waals surface area contributed by atoms with Crippen LogP contribution in [0.2, 0.25) is 0 Å². The third-order valence-corrected chi connectivity index (χ3v) is 13.3. The van der Waals surface area contributed by atoms with E-state index in [0.717, 1.165) is 89.9 Å². The second kappa shape index (κ2) is 57.9. The van der Waals surface area contributed by atoms with E-state index < -0.39 is 6.10 Å². The Balaban J connectivity index is 4.29. The summed E-state index contributed by atoms with van der Waals surface area (Å²) in [6.45, 7) is 6.61. The largest absolute Gasteiger partial charge is 0.462 e. The van der Waals surface area contributed by atoms with Crippen LogP contribution in [0.1, 0.15) is 316 Å². The first kappa shape index (κ1) is 66.4. The molecule has 0 N–H and O–H groups in total. The van der Waals surface area contributed by atoms with E-state index in [1.807, 2.05) is 0 Å². The van der Waals surface area contributed by atoms with Crippen molar-refractivity contribution < 1.29 is 28.6 Å². The maximum absolute atomic E-state index is 12.8. The van der Waals surface area contributed by atoms with Gasteiger partial charge in [-0.3, -0.25) is 14.4 Å².